The summed E-state index contributed by atoms with van der Waals surface area (Å²) in [5.41, 5.74) is 0.488. The number of ether oxygens (including phenoxy) is 1. The van der Waals surface area contributed by atoms with Gasteiger partial charge in [-0.1, -0.05) is 34.8 Å². The summed E-state index contributed by atoms with van der Waals surface area (Å²) in [6, 6.07) is 3.06. The zero-order valence-corrected chi connectivity index (χ0v) is 12.9. The third kappa shape index (κ3) is 5.45. The molecule has 1 aromatic carbocycles. The van der Waals surface area contributed by atoms with Gasteiger partial charge < -0.3 is 15.4 Å². The summed E-state index contributed by atoms with van der Waals surface area (Å²) >= 11 is 17.8. The minimum absolute atomic E-state index is 0.0598. The summed E-state index contributed by atoms with van der Waals surface area (Å²) in [4.78, 5) is 11.6. The molecule has 0 aromatic heterocycles. The zero-order chi connectivity index (χ0) is 14.4. The number of hydrogen-bond donors (Lipinski definition) is 2. The molecule has 1 aromatic rings. The van der Waals surface area contributed by atoms with Crippen molar-refractivity contribution in [1.29, 1.82) is 0 Å². The Labute approximate surface area is 127 Å². The van der Waals surface area contributed by atoms with E-state index in [1.54, 1.807) is 19.2 Å². The van der Waals surface area contributed by atoms with Crippen LogP contribution in [0.25, 0.3) is 0 Å². The molecule has 0 spiro atoms. The number of halogens is 3. The van der Waals surface area contributed by atoms with Crippen LogP contribution >= 0.6 is 34.8 Å². The van der Waals surface area contributed by atoms with Crippen LogP contribution < -0.4 is 10.6 Å². The quantitative estimate of drug-likeness (QED) is 0.844. The van der Waals surface area contributed by atoms with Crippen LogP contribution in [0, 0.1) is 0 Å². The lowest BCUT2D eigenvalue weighted by Gasteiger charge is -2.14. The molecule has 4 nitrogen and oxygen atoms in total. The molecule has 0 saturated carbocycles. The number of hydrogen-bond acceptors (Lipinski definition) is 3. The smallest absolute Gasteiger partial charge is 0.239 e. The monoisotopic (exact) mass is 324 g/mol. The molecule has 7 heteroatoms. The number of methoxy groups -OCH3 is 1. The topological polar surface area (TPSA) is 50.4 Å². The van der Waals surface area contributed by atoms with E-state index in [9.17, 15) is 4.79 Å². The molecule has 0 radical (unpaired) electrons. The Hall–Kier alpha value is -0.680. The first-order valence-corrected chi connectivity index (χ1v) is 6.74. The lowest BCUT2D eigenvalue weighted by Crippen LogP contribution is -2.39. The average molecular weight is 326 g/mol. The van der Waals surface area contributed by atoms with Gasteiger partial charge in [0.1, 0.15) is 0 Å². The fourth-order valence-electron chi connectivity index (χ4n) is 1.50. The van der Waals surface area contributed by atoms with Gasteiger partial charge in [-0.25, -0.2) is 0 Å². The highest BCUT2D eigenvalue weighted by Crippen LogP contribution is 2.33. The van der Waals surface area contributed by atoms with Crippen LogP contribution in [0.2, 0.25) is 15.1 Å². The highest BCUT2D eigenvalue weighted by molar-refractivity contribution is 6.41. The largest absolute Gasteiger partial charge is 0.383 e. The van der Waals surface area contributed by atoms with Crippen molar-refractivity contribution in [2.45, 2.75) is 13.0 Å². The predicted octanol–water partition coefficient (Wildman–Crippen LogP) is 3.21. The van der Waals surface area contributed by atoms with Gasteiger partial charge >= 0.3 is 0 Å². The molecule has 1 amide bonds. The third-order valence-corrected chi connectivity index (χ3v) is 3.07. The van der Waals surface area contributed by atoms with Crippen molar-refractivity contribution < 1.29 is 9.53 Å². The molecular weight excluding hydrogens is 311 g/mol. The van der Waals surface area contributed by atoms with E-state index in [0.717, 1.165) is 0 Å². The van der Waals surface area contributed by atoms with Gasteiger partial charge in [-0.2, -0.15) is 0 Å². The minimum atomic E-state index is -0.174. The van der Waals surface area contributed by atoms with Gasteiger partial charge in [-0.15, -0.1) is 0 Å². The van der Waals surface area contributed by atoms with Gasteiger partial charge in [-0.3, -0.25) is 4.79 Å². The van der Waals surface area contributed by atoms with Crippen LogP contribution in [-0.2, 0) is 9.53 Å². The molecule has 0 aliphatic heterocycles. The van der Waals surface area contributed by atoms with Crippen molar-refractivity contribution in [3.63, 3.8) is 0 Å². The molecule has 2 N–H and O–H groups in total. The van der Waals surface area contributed by atoms with Crippen molar-refractivity contribution in [1.82, 2.24) is 5.32 Å². The summed E-state index contributed by atoms with van der Waals surface area (Å²) in [5.74, 6) is -0.174. The second-order valence-electron chi connectivity index (χ2n) is 4.02. The first-order chi connectivity index (χ1) is 8.93. The minimum Gasteiger partial charge on any atom is -0.383 e. The highest BCUT2D eigenvalue weighted by atomic mass is 35.5. The van der Waals surface area contributed by atoms with Crippen LogP contribution in [0.5, 0.6) is 0 Å². The highest BCUT2D eigenvalue weighted by Gasteiger charge is 2.11. The van der Waals surface area contributed by atoms with E-state index < -0.39 is 0 Å². The lowest BCUT2D eigenvalue weighted by molar-refractivity contribution is -0.120. The van der Waals surface area contributed by atoms with Crippen molar-refractivity contribution in [2.75, 3.05) is 25.6 Å². The molecule has 1 rings (SSSR count). The first-order valence-electron chi connectivity index (χ1n) is 5.60. The molecule has 0 heterocycles. The number of nitrogens with one attached hydrogen (secondary N) is 2. The van der Waals surface area contributed by atoms with E-state index in [1.807, 2.05) is 6.92 Å². The number of carbonyl (C=O) groups excluding carboxylic acids is 1. The Kier molecular flexibility index (Phi) is 6.72. The number of carbonyl (C=O) groups is 1. The second-order valence-corrected chi connectivity index (χ2v) is 5.27. The summed E-state index contributed by atoms with van der Waals surface area (Å²) in [6.07, 6.45) is 0. The normalized spacial score (nSPS) is 12.1. The molecule has 0 fully saturated rings. The van der Waals surface area contributed by atoms with E-state index in [1.165, 1.54) is 0 Å². The van der Waals surface area contributed by atoms with Crippen molar-refractivity contribution >= 4 is 46.4 Å². The van der Waals surface area contributed by atoms with Crippen molar-refractivity contribution in [3.8, 4) is 0 Å². The molecule has 0 saturated heterocycles. The number of anilines is 1. The van der Waals surface area contributed by atoms with Crippen LogP contribution in [0.4, 0.5) is 5.69 Å². The van der Waals surface area contributed by atoms with Gasteiger partial charge in [0, 0.05) is 18.2 Å². The maximum Gasteiger partial charge on any atom is 0.239 e. The summed E-state index contributed by atoms with van der Waals surface area (Å²) in [6.45, 7) is 2.37. The van der Waals surface area contributed by atoms with Gasteiger partial charge in [0.05, 0.1) is 28.9 Å². The Morgan fingerprint density at radius 2 is 1.89 bits per heavy atom. The van der Waals surface area contributed by atoms with E-state index in [4.69, 9.17) is 39.5 Å². The number of amides is 1. The van der Waals surface area contributed by atoms with Crippen LogP contribution in [0.15, 0.2) is 12.1 Å². The standard InChI is InChI=1S/C12H15Cl3N2O2/c1-7(6-19-2)17-11(18)5-16-12-9(14)3-8(13)4-10(12)15/h3-4,7,16H,5-6H2,1-2H3,(H,17,18). The fraction of sp³-hybridized carbons (Fsp3) is 0.417. The molecule has 106 valence electrons. The van der Waals surface area contributed by atoms with E-state index in [-0.39, 0.29) is 18.5 Å². The van der Waals surface area contributed by atoms with Crippen LogP contribution in [0.3, 0.4) is 0 Å². The maximum absolute atomic E-state index is 11.6. The summed E-state index contributed by atoms with van der Waals surface area (Å²) in [5, 5.41) is 6.83. The summed E-state index contributed by atoms with van der Waals surface area (Å²) < 4.78 is 4.93. The molecule has 19 heavy (non-hydrogen) atoms. The van der Waals surface area contributed by atoms with Gasteiger partial charge in [0.25, 0.3) is 0 Å². The van der Waals surface area contributed by atoms with Crippen molar-refractivity contribution in [2.24, 2.45) is 0 Å². The predicted molar refractivity (Wildman–Crippen MR) is 79.4 cm³/mol. The van der Waals surface area contributed by atoms with E-state index in [2.05, 4.69) is 10.6 Å². The molecule has 1 unspecified atom stereocenters. The second kappa shape index (κ2) is 7.80. The van der Waals surface area contributed by atoms with Gasteiger partial charge in [-0.05, 0) is 19.1 Å². The van der Waals surface area contributed by atoms with Gasteiger partial charge in [0.15, 0.2) is 0 Å². The number of benzene rings is 1. The molecule has 0 bridgehead atoms. The van der Waals surface area contributed by atoms with E-state index >= 15 is 0 Å². The Balaban J connectivity index is 2.55. The fourth-order valence-corrected chi connectivity index (χ4v) is 2.45. The van der Waals surface area contributed by atoms with Crippen molar-refractivity contribution in [3.05, 3.63) is 27.2 Å². The third-order valence-electron chi connectivity index (χ3n) is 2.26. The van der Waals surface area contributed by atoms with Crippen LogP contribution in [0.1, 0.15) is 6.92 Å². The van der Waals surface area contributed by atoms with E-state index in [0.29, 0.717) is 27.4 Å². The maximum atomic E-state index is 11.6. The van der Waals surface area contributed by atoms with Gasteiger partial charge in [0.2, 0.25) is 5.91 Å². The average Bonchev–Trinajstić information content (AvgIpc) is 2.27. The molecule has 1 atom stereocenters. The number of rotatable bonds is 6. The summed E-state index contributed by atoms with van der Waals surface area (Å²) in [7, 11) is 1.58. The lowest BCUT2D eigenvalue weighted by atomic mass is 10.3. The zero-order valence-electron chi connectivity index (χ0n) is 10.6. The Morgan fingerprint density at radius 1 is 1.32 bits per heavy atom. The first kappa shape index (κ1) is 16.4. The molecule has 0 aliphatic carbocycles. The Bertz CT molecular complexity index is 432. The van der Waals surface area contributed by atoms with Crippen LogP contribution in [-0.4, -0.2) is 32.2 Å². The molecular formula is C12H15Cl3N2O2. The molecule has 0 aliphatic rings. The Morgan fingerprint density at radius 3 is 2.42 bits per heavy atom. The SMILES string of the molecule is COCC(C)NC(=O)CNc1c(Cl)cc(Cl)cc1Cl.